The molecular weight excluding hydrogens is 366 g/mol. The Balaban J connectivity index is 1.55. The van der Waals surface area contributed by atoms with Crippen LogP contribution in [0.5, 0.6) is 0 Å². The number of piperidine rings is 1. The van der Waals surface area contributed by atoms with E-state index in [1.807, 2.05) is 42.6 Å². The Kier molecular flexibility index (Phi) is 5.51. The third kappa shape index (κ3) is 4.57. The second kappa shape index (κ2) is 7.79. The van der Waals surface area contributed by atoms with Crippen molar-refractivity contribution in [2.45, 2.75) is 26.2 Å². The van der Waals surface area contributed by atoms with Gasteiger partial charge in [0.25, 0.3) is 0 Å². The van der Waals surface area contributed by atoms with E-state index >= 15 is 0 Å². The van der Waals surface area contributed by atoms with Gasteiger partial charge in [0.15, 0.2) is 0 Å². The van der Waals surface area contributed by atoms with E-state index in [4.69, 9.17) is 0 Å². The van der Waals surface area contributed by atoms with Crippen molar-refractivity contribution in [2.75, 3.05) is 23.3 Å². The van der Waals surface area contributed by atoms with Gasteiger partial charge >= 0.3 is 0 Å². The Morgan fingerprint density at radius 2 is 1.92 bits per heavy atom. The smallest absolute Gasteiger partial charge is 0.229 e. The van der Waals surface area contributed by atoms with Gasteiger partial charge in [0, 0.05) is 17.6 Å². The van der Waals surface area contributed by atoms with Crippen molar-refractivity contribution < 1.29 is 4.79 Å². The van der Waals surface area contributed by atoms with E-state index in [0.29, 0.717) is 12.2 Å². The van der Waals surface area contributed by atoms with E-state index in [0.717, 1.165) is 34.7 Å². The van der Waals surface area contributed by atoms with Crippen LogP contribution in [-0.2, 0) is 11.2 Å². The van der Waals surface area contributed by atoms with Crippen LogP contribution in [-0.4, -0.2) is 24.0 Å². The van der Waals surface area contributed by atoms with Crippen molar-refractivity contribution in [3.63, 3.8) is 0 Å². The zero-order chi connectivity index (χ0) is 16.9. The van der Waals surface area contributed by atoms with Crippen molar-refractivity contribution >= 4 is 33.3 Å². The Bertz CT molecular complexity index is 677. The van der Waals surface area contributed by atoms with Gasteiger partial charge in [-0.3, -0.25) is 4.79 Å². The fourth-order valence-electron chi connectivity index (χ4n) is 2.89. The van der Waals surface area contributed by atoms with Crippen LogP contribution < -0.4 is 10.2 Å². The summed E-state index contributed by atoms with van der Waals surface area (Å²) in [5.74, 6) is 1.36. The van der Waals surface area contributed by atoms with Gasteiger partial charge in [0.05, 0.1) is 18.3 Å². The van der Waals surface area contributed by atoms with Crippen molar-refractivity contribution in [3.8, 4) is 0 Å². The summed E-state index contributed by atoms with van der Waals surface area (Å²) in [7, 11) is 0. The summed E-state index contributed by atoms with van der Waals surface area (Å²) in [4.78, 5) is 18.9. The number of halogens is 1. The highest BCUT2D eigenvalue weighted by atomic mass is 79.9. The fourth-order valence-corrected chi connectivity index (χ4v) is 3.15. The largest absolute Gasteiger partial charge is 0.370 e. The molecule has 3 rings (SSSR count). The number of carbonyl (C=O) groups is 1. The van der Waals surface area contributed by atoms with Crippen LogP contribution in [0.2, 0.25) is 0 Å². The lowest BCUT2D eigenvalue weighted by Gasteiger charge is -2.31. The Hall–Kier alpha value is -1.88. The topological polar surface area (TPSA) is 45.2 Å². The highest BCUT2D eigenvalue weighted by Gasteiger charge is 2.16. The van der Waals surface area contributed by atoms with Crippen LogP contribution in [0.4, 0.5) is 11.5 Å². The lowest BCUT2D eigenvalue weighted by molar-refractivity contribution is -0.115. The first-order chi connectivity index (χ1) is 11.6. The van der Waals surface area contributed by atoms with Crippen LogP contribution in [0.25, 0.3) is 0 Å². The lowest BCUT2D eigenvalue weighted by atomic mass is 9.99. The summed E-state index contributed by atoms with van der Waals surface area (Å²) in [6.45, 7) is 4.47. The summed E-state index contributed by atoms with van der Waals surface area (Å²) in [6, 6.07) is 11.7. The molecule has 1 aromatic carbocycles. The number of nitrogens with zero attached hydrogens (tertiary/aromatic N) is 2. The predicted molar refractivity (Wildman–Crippen MR) is 101 cm³/mol. The molecule has 126 valence electrons. The van der Waals surface area contributed by atoms with E-state index in [1.54, 1.807) is 0 Å². The summed E-state index contributed by atoms with van der Waals surface area (Å²) in [5, 5.41) is 2.86. The molecule has 1 aromatic heterocycles. The summed E-state index contributed by atoms with van der Waals surface area (Å²) in [5.41, 5.74) is 2.11. The number of benzene rings is 1. The number of amides is 1. The second-order valence-electron chi connectivity index (χ2n) is 6.42. The van der Waals surface area contributed by atoms with Gasteiger partial charge in [-0.1, -0.05) is 35.0 Å². The maximum Gasteiger partial charge on any atom is 0.229 e. The predicted octanol–water partition coefficient (Wildman–Crippen LogP) is 4.26. The van der Waals surface area contributed by atoms with E-state index in [2.05, 4.69) is 38.1 Å². The van der Waals surface area contributed by atoms with E-state index in [9.17, 15) is 4.79 Å². The molecule has 1 aliphatic heterocycles. The van der Waals surface area contributed by atoms with Crippen LogP contribution in [0.3, 0.4) is 0 Å². The number of aromatic nitrogens is 1. The molecular formula is C19H22BrN3O. The normalized spacial score (nSPS) is 15.3. The molecule has 1 fully saturated rings. The summed E-state index contributed by atoms with van der Waals surface area (Å²) in [6.07, 6.45) is 4.66. The molecule has 0 unspecified atom stereocenters. The van der Waals surface area contributed by atoms with Gasteiger partial charge in [-0.25, -0.2) is 4.98 Å². The maximum absolute atomic E-state index is 12.1. The molecule has 1 N–H and O–H groups in total. The third-order valence-electron chi connectivity index (χ3n) is 4.44. The first-order valence-corrected chi connectivity index (χ1v) is 9.15. The molecule has 1 amide bonds. The monoisotopic (exact) mass is 387 g/mol. The Morgan fingerprint density at radius 1 is 1.21 bits per heavy atom. The number of carbonyl (C=O) groups excluding carboxylic acids is 1. The molecule has 4 nitrogen and oxygen atoms in total. The lowest BCUT2D eigenvalue weighted by Crippen LogP contribution is -2.32. The molecule has 2 aromatic rings. The molecule has 0 radical (unpaired) electrons. The minimum atomic E-state index is -0.0515. The average Bonchev–Trinajstić information content (AvgIpc) is 2.58. The highest BCUT2D eigenvalue weighted by Crippen LogP contribution is 2.23. The maximum atomic E-state index is 12.1. The zero-order valence-corrected chi connectivity index (χ0v) is 15.4. The van der Waals surface area contributed by atoms with Gasteiger partial charge in [-0.15, -0.1) is 0 Å². The first-order valence-electron chi connectivity index (χ1n) is 8.35. The van der Waals surface area contributed by atoms with Crippen molar-refractivity contribution in [1.82, 2.24) is 4.98 Å². The quantitative estimate of drug-likeness (QED) is 0.851. The Morgan fingerprint density at radius 3 is 2.54 bits per heavy atom. The number of hydrogen-bond donors (Lipinski definition) is 1. The Labute approximate surface area is 151 Å². The van der Waals surface area contributed by atoms with E-state index in [-0.39, 0.29) is 5.91 Å². The second-order valence-corrected chi connectivity index (χ2v) is 7.34. The van der Waals surface area contributed by atoms with Gasteiger partial charge in [-0.2, -0.15) is 0 Å². The zero-order valence-electron chi connectivity index (χ0n) is 13.8. The fraction of sp³-hybridized carbons (Fsp3) is 0.368. The molecule has 2 heterocycles. The number of rotatable bonds is 4. The standard InChI is InChI=1S/C19H22BrN3O/c1-14-8-10-23(11-9-14)17-6-7-18(21-13-17)22-19(24)12-15-2-4-16(20)5-3-15/h2-7,13-14H,8-12H2,1H3,(H,21,22,24). The molecule has 5 heteroatoms. The molecule has 0 bridgehead atoms. The van der Waals surface area contributed by atoms with Gasteiger partial charge in [0.2, 0.25) is 5.91 Å². The minimum absolute atomic E-state index is 0.0515. The van der Waals surface area contributed by atoms with Crippen LogP contribution >= 0.6 is 15.9 Å². The van der Waals surface area contributed by atoms with Gasteiger partial charge < -0.3 is 10.2 Å². The number of anilines is 2. The number of hydrogen-bond acceptors (Lipinski definition) is 3. The molecule has 1 aliphatic rings. The number of pyridine rings is 1. The molecule has 0 spiro atoms. The molecule has 0 aliphatic carbocycles. The average molecular weight is 388 g/mol. The molecule has 0 atom stereocenters. The summed E-state index contributed by atoms with van der Waals surface area (Å²) < 4.78 is 1.01. The molecule has 24 heavy (non-hydrogen) atoms. The van der Waals surface area contributed by atoms with Crippen LogP contribution in [0, 0.1) is 5.92 Å². The first kappa shape index (κ1) is 17.0. The minimum Gasteiger partial charge on any atom is -0.370 e. The van der Waals surface area contributed by atoms with Crippen molar-refractivity contribution in [3.05, 3.63) is 52.6 Å². The van der Waals surface area contributed by atoms with Crippen molar-refractivity contribution in [2.24, 2.45) is 5.92 Å². The van der Waals surface area contributed by atoms with Crippen molar-refractivity contribution in [1.29, 1.82) is 0 Å². The van der Waals surface area contributed by atoms with E-state index < -0.39 is 0 Å². The summed E-state index contributed by atoms with van der Waals surface area (Å²) >= 11 is 3.39. The number of nitrogens with one attached hydrogen (secondary N) is 1. The van der Waals surface area contributed by atoms with Gasteiger partial charge in [-0.05, 0) is 48.6 Å². The van der Waals surface area contributed by atoms with E-state index in [1.165, 1.54) is 12.8 Å². The highest BCUT2D eigenvalue weighted by molar-refractivity contribution is 9.10. The molecule has 0 saturated carbocycles. The molecule has 1 saturated heterocycles. The van der Waals surface area contributed by atoms with Crippen LogP contribution in [0.1, 0.15) is 25.3 Å². The SMILES string of the molecule is CC1CCN(c2ccc(NC(=O)Cc3ccc(Br)cc3)nc2)CC1. The third-order valence-corrected chi connectivity index (χ3v) is 4.97. The van der Waals surface area contributed by atoms with Crippen LogP contribution in [0.15, 0.2) is 47.1 Å². The van der Waals surface area contributed by atoms with Gasteiger partial charge in [0.1, 0.15) is 5.82 Å².